The Morgan fingerprint density at radius 1 is 1.06 bits per heavy atom. The van der Waals surface area contributed by atoms with Gasteiger partial charge in [0.2, 0.25) is 5.78 Å². The maximum Gasteiger partial charge on any atom is 0.357 e. The molecule has 1 amide bonds. The molecule has 168 valence electrons. The first kappa shape index (κ1) is 22.3. The van der Waals surface area contributed by atoms with Gasteiger partial charge in [0.15, 0.2) is 16.6 Å². The van der Waals surface area contributed by atoms with E-state index in [-0.39, 0.29) is 23.0 Å². The van der Waals surface area contributed by atoms with Crippen LogP contribution in [0.4, 0.5) is 5.13 Å². The van der Waals surface area contributed by atoms with Gasteiger partial charge in [0.25, 0.3) is 5.91 Å². The third-order valence-electron chi connectivity index (χ3n) is 5.29. The van der Waals surface area contributed by atoms with E-state index in [9.17, 15) is 19.2 Å². The molecule has 2 unspecified atom stereocenters. The van der Waals surface area contributed by atoms with Crippen molar-refractivity contribution < 1.29 is 28.7 Å². The predicted octanol–water partition coefficient (Wildman–Crippen LogP) is 3.48. The van der Waals surface area contributed by atoms with Crippen LogP contribution in [0.15, 0.2) is 60.0 Å². The molecule has 8 nitrogen and oxygen atoms in total. The average molecular weight is 464 g/mol. The maximum absolute atomic E-state index is 13.4. The number of ketones is 2. The van der Waals surface area contributed by atoms with E-state index in [0.717, 1.165) is 11.3 Å². The van der Waals surface area contributed by atoms with E-state index < -0.39 is 35.4 Å². The van der Waals surface area contributed by atoms with Crippen molar-refractivity contribution in [2.24, 2.45) is 5.92 Å². The fourth-order valence-electron chi connectivity index (χ4n) is 3.74. The van der Waals surface area contributed by atoms with E-state index in [0.29, 0.717) is 11.3 Å². The summed E-state index contributed by atoms with van der Waals surface area (Å²) in [5.74, 6) is -3.47. The monoisotopic (exact) mass is 464 g/mol. The van der Waals surface area contributed by atoms with Gasteiger partial charge < -0.3 is 9.47 Å². The number of thiazole rings is 1. The minimum absolute atomic E-state index is 0.0360. The summed E-state index contributed by atoms with van der Waals surface area (Å²) in [6.07, 6.45) is 0. The highest BCUT2D eigenvalue weighted by molar-refractivity contribution is 7.14. The van der Waals surface area contributed by atoms with Crippen molar-refractivity contribution in [3.8, 4) is 5.75 Å². The topological polar surface area (TPSA) is 103 Å². The molecule has 0 spiro atoms. The zero-order chi connectivity index (χ0) is 23.5. The second-order valence-electron chi connectivity index (χ2n) is 7.20. The number of benzene rings is 2. The van der Waals surface area contributed by atoms with Crippen LogP contribution in [-0.2, 0) is 14.3 Å². The third-order valence-corrected chi connectivity index (χ3v) is 6.13. The van der Waals surface area contributed by atoms with Gasteiger partial charge in [0, 0.05) is 10.9 Å². The zero-order valence-electron chi connectivity index (χ0n) is 17.9. The van der Waals surface area contributed by atoms with Gasteiger partial charge in [-0.15, -0.1) is 11.3 Å². The van der Waals surface area contributed by atoms with Crippen molar-refractivity contribution in [3.63, 3.8) is 0 Å². The Kier molecular flexibility index (Phi) is 6.32. The number of hydrogen-bond donors (Lipinski definition) is 0. The molecular formula is C24H20N2O6S. The molecule has 2 atom stereocenters. The Morgan fingerprint density at radius 2 is 1.76 bits per heavy atom. The first-order chi connectivity index (χ1) is 16.0. The molecular weight excluding hydrogens is 444 g/mol. The number of carbonyl (C=O) groups is 4. The Morgan fingerprint density at radius 3 is 2.39 bits per heavy atom. The van der Waals surface area contributed by atoms with Crippen molar-refractivity contribution in [1.29, 1.82) is 0 Å². The van der Waals surface area contributed by atoms with E-state index in [1.165, 1.54) is 17.4 Å². The lowest BCUT2D eigenvalue weighted by molar-refractivity contribution is -0.135. The van der Waals surface area contributed by atoms with Crippen molar-refractivity contribution in [3.05, 3.63) is 76.8 Å². The van der Waals surface area contributed by atoms with Crippen LogP contribution < -0.4 is 9.64 Å². The van der Waals surface area contributed by atoms with E-state index in [2.05, 4.69) is 4.98 Å². The number of rotatable bonds is 7. The van der Waals surface area contributed by atoms with Crippen LogP contribution in [0.3, 0.4) is 0 Å². The van der Waals surface area contributed by atoms with Gasteiger partial charge in [-0.2, -0.15) is 0 Å². The number of ether oxygens (including phenoxy) is 2. The molecule has 3 aromatic rings. The Bertz CT molecular complexity index is 1210. The van der Waals surface area contributed by atoms with Crippen LogP contribution in [0.25, 0.3) is 0 Å². The van der Waals surface area contributed by atoms with Gasteiger partial charge in [-0.25, -0.2) is 9.78 Å². The van der Waals surface area contributed by atoms with Gasteiger partial charge in [0.05, 0.1) is 19.8 Å². The standard InChI is InChI=1S/C24H20N2O6S/c1-3-32-23(30)17-13-33-24(25-17)26-19(14-7-5-4-6-8-14)18(21(28)22(26)29)20(27)15-9-11-16(31-2)12-10-15/h4-13,18-19H,3H2,1-2H3. The second-order valence-corrected chi connectivity index (χ2v) is 8.04. The first-order valence-electron chi connectivity index (χ1n) is 10.2. The van der Waals surface area contributed by atoms with Crippen LogP contribution in [-0.4, -0.2) is 42.1 Å². The van der Waals surface area contributed by atoms with Crippen molar-refractivity contribution in [1.82, 2.24) is 4.98 Å². The number of methoxy groups -OCH3 is 1. The fraction of sp³-hybridized carbons (Fsp3) is 0.208. The number of hydrogen-bond acceptors (Lipinski definition) is 8. The number of aromatic nitrogens is 1. The molecule has 33 heavy (non-hydrogen) atoms. The normalized spacial score (nSPS) is 17.8. The highest BCUT2D eigenvalue weighted by Gasteiger charge is 2.53. The van der Waals surface area contributed by atoms with Crippen LogP contribution in [0, 0.1) is 5.92 Å². The Labute approximate surface area is 193 Å². The molecule has 4 rings (SSSR count). The summed E-state index contributed by atoms with van der Waals surface area (Å²) in [6, 6.07) is 14.3. The molecule has 2 aromatic carbocycles. The van der Waals surface area contributed by atoms with Crippen LogP contribution >= 0.6 is 11.3 Å². The molecule has 1 aliphatic rings. The fourth-order valence-corrected chi connectivity index (χ4v) is 4.57. The molecule has 1 fully saturated rings. The van der Waals surface area contributed by atoms with Crippen molar-refractivity contribution in [2.75, 3.05) is 18.6 Å². The molecule has 0 saturated carbocycles. The van der Waals surface area contributed by atoms with Gasteiger partial charge in [0.1, 0.15) is 11.7 Å². The van der Waals surface area contributed by atoms with Gasteiger partial charge in [-0.3, -0.25) is 19.3 Å². The number of nitrogens with zero attached hydrogens (tertiary/aromatic N) is 2. The molecule has 0 N–H and O–H groups in total. The summed E-state index contributed by atoms with van der Waals surface area (Å²) < 4.78 is 10.1. The van der Waals surface area contributed by atoms with E-state index in [1.54, 1.807) is 61.5 Å². The zero-order valence-corrected chi connectivity index (χ0v) is 18.7. The van der Waals surface area contributed by atoms with E-state index in [4.69, 9.17) is 9.47 Å². The molecule has 1 aromatic heterocycles. The van der Waals surface area contributed by atoms with Crippen LogP contribution in [0.1, 0.15) is 39.4 Å². The van der Waals surface area contributed by atoms with Gasteiger partial charge in [-0.05, 0) is 36.8 Å². The van der Waals surface area contributed by atoms with Gasteiger partial charge in [-0.1, -0.05) is 30.3 Å². The number of Topliss-reactive ketones (excluding diaryl/α,β-unsaturated/α-hetero) is 2. The molecule has 0 aliphatic carbocycles. The molecule has 9 heteroatoms. The Balaban J connectivity index is 1.77. The first-order valence-corrected chi connectivity index (χ1v) is 11.1. The smallest absolute Gasteiger partial charge is 0.357 e. The summed E-state index contributed by atoms with van der Waals surface area (Å²) in [5.41, 5.74) is 0.932. The minimum Gasteiger partial charge on any atom is -0.497 e. The molecule has 2 heterocycles. The highest BCUT2D eigenvalue weighted by atomic mass is 32.1. The lowest BCUT2D eigenvalue weighted by Gasteiger charge is -2.25. The number of esters is 1. The molecule has 1 aliphatic heterocycles. The highest BCUT2D eigenvalue weighted by Crippen LogP contribution is 2.42. The molecule has 0 bridgehead atoms. The summed E-state index contributed by atoms with van der Waals surface area (Å²) in [5, 5.41) is 1.61. The van der Waals surface area contributed by atoms with Crippen LogP contribution in [0.2, 0.25) is 0 Å². The van der Waals surface area contributed by atoms with Crippen molar-refractivity contribution in [2.45, 2.75) is 13.0 Å². The molecule has 0 radical (unpaired) electrons. The predicted molar refractivity (Wildman–Crippen MR) is 121 cm³/mol. The number of anilines is 1. The summed E-state index contributed by atoms with van der Waals surface area (Å²) >= 11 is 1.03. The number of carbonyl (C=O) groups excluding carboxylic acids is 4. The van der Waals surface area contributed by atoms with Crippen molar-refractivity contribution >= 4 is 39.9 Å². The van der Waals surface area contributed by atoms with E-state index >= 15 is 0 Å². The SMILES string of the molecule is CCOC(=O)c1csc(N2C(=O)C(=O)C(C(=O)c3ccc(OC)cc3)C2c2ccccc2)n1. The Hall–Kier alpha value is -3.85. The quantitative estimate of drug-likeness (QED) is 0.228. The van der Waals surface area contributed by atoms with Gasteiger partial charge >= 0.3 is 5.97 Å². The van der Waals surface area contributed by atoms with Crippen LogP contribution in [0.5, 0.6) is 5.75 Å². The average Bonchev–Trinajstić information content (AvgIpc) is 3.43. The second kappa shape index (κ2) is 9.33. The summed E-state index contributed by atoms with van der Waals surface area (Å²) in [7, 11) is 1.51. The minimum atomic E-state index is -1.26. The third kappa shape index (κ3) is 4.14. The lowest BCUT2D eigenvalue weighted by Crippen LogP contribution is -2.30. The summed E-state index contributed by atoms with van der Waals surface area (Å²) in [4.78, 5) is 57.1. The largest absolute Gasteiger partial charge is 0.497 e. The maximum atomic E-state index is 13.4. The number of amides is 1. The van der Waals surface area contributed by atoms with E-state index in [1.807, 2.05) is 0 Å². The lowest BCUT2D eigenvalue weighted by atomic mass is 9.86. The summed E-state index contributed by atoms with van der Waals surface area (Å²) in [6.45, 7) is 1.85. The molecule has 1 saturated heterocycles.